The van der Waals surface area contributed by atoms with Crippen LogP contribution in [-0.2, 0) is 13.5 Å². The molecule has 9 heavy (non-hydrogen) atoms. The van der Waals surface area contributed by atoms with E-state index in [4.69, 9.17) is 21.0 Å². The summed E-state index contributed by atoms with van der Waals surface area (Å²) in [6.07, 6.45) is 0. The maximum absolute atomic E-state index is 6.50. The van der Waals surface area contributed by atoms with Crippen molar-refractivity contribution in [1.29, 1.82) is 21.0 Å². The minimum absolute atomic E-state index is 0. The molecule has 0 atom stereocenters. The van der Waals surface area contributed by atoms with Gasteiger partial charge in [-0.2, -0.15) is 0 Å². The van der Waals surface area contributed by atoms with Crippen LogP contribution in [0, 0.1) is 47.3 Å². The number of rotatable bonds is 0. The first-order chi connectivity index (χ1) is 4.00. The van der Waals surface area contributed by atoms with Crippen LogP contribution in [0.25, 0.3) is 0 Å². The van der Waals surface area contributed by atoms with Gasteiger partial charge in [0.25, 0.3) is 0 Å². The lowest BCUT2D eigenvalue weighted by Gasteiger charge is -0.668. The summed E-state index contributed by atoms with van der Waals surface area (Å²) >= 11 is 0. The summed E-state index contributed by atoms with van der Waals surface area (Å²) in [5.74, 6) is 0. The third-order valence-electron chi connectivity index (χ3n) is 0. The first-order valence-electron chi connectivity index (χ1n) is 1.03. The molecule has 44 valence electrons. The number of hydrogen-bond acceptors (Lipinski definition) is 4. The molecule has 0 aromatic carbocycles. The molecule has 0 heterocycles. The molecule has 0 aliphatic rings. The highest BCUT2D eigenvalue weighted by molar-refractivity contribution is 7.37. The summed E-state index contributed by atoms with van der Waals surface area (Å²) in [5, 5.41) is 26.0. The van der Waals surface area contributed by atoms with E-state index < -0.39 is 0 Å². The molecule has 0 aliphatic carbocycles. The minimum Gasteiger partial charge on any atom is -0.202 e. The molecule has 5 heteroatoms. The van der Waals surface area contributed by atoms with Gasteiger partial charge in [0.1, 0.15) is 0 Å². The Balaban J connectivity index is -0.00000000762. The largest absolute Gasteiger partial charge is 2.00 e. The molecule has 0 aromatic rings. The fraction of sp³-hybridized carbons (Fsp3) is 0. The Morgan fingerprint density at radius 3 is 0.444 bits per heavy atom. The molecule has 0 unspecified atom stereocenters. The molecule has 0 aliphatic heterocycles. The molecule has 0 N–H and O–H groups in total. The maximum Gasteiger partial charge on any atom is 2.00 e. The number of nitriles is 4. The molecule has 0 saturated heterocycles. The summed E-state index contributed by atoms with van der Waals surface area (Å²) in [6.45, 7) is 14.0. The van der Waals surface area contributed by atoms with Crippen LogP contribution in [0.5, 0.6) is 0 Å². The third kappa shape index (κ3) is 41.0. The Labute approximate surface area is 61.6 Å². The van der Waals surface area contributed by atoms with Crippen molar-refractivity contribution in [1.82, 2.24) is 0 Å². The fourth-order valence-corrected chi connectivity index (χ4v) is 0. The second kappa shape index (κ2) is 62.3. The third-order valence-corrected chi connectivity index (χ3v) is 0. The van der Waals surface area contributed by atoms with Crippen LogP contribution in [0.4, 0.5) is 0 Å². The average molecular weight is 140 g/mol. The second-order valence-electron chi connectivity index (χ2n) is 0. The van der Waals surface area contributed by atoms with Crippen LogP contribution in [0.3, 0.4) is 0 Å². The van der Waals surface area contributed by atoms with E-state index in [0.717, 1.165) is 0 Å². The molecule has 0 bridgehead atoms. The normalized spacial score (nSPS) is 0.889. The molecular weight excluding hydrogens is 136 g/mol. The van der Waals surface area contributed by atoms with E-state index in [0.29, 0.717) is 0 Å². The van der Waals surface area contributed by atoms with Gasteiger partial charge in [0.15, 0.2) is 0 Å². The van der Waals surface area contributed by atoms with Crippen molar-refractivity contribution in [2.45, 2.75) is 0 Å². The van der Waals surface area contributed by atoms with Gasteiger partial charge in [0, 0.05) is 26.3 Å². The van der Waals surface area contributed by atoms with Crippen molar-refractivity contribution in [3.05, 3.63) is 0 Å². The first-order valence-corrected chi connectivity index (χ1v) is 1.03. The topological polar surface area (TPSA) is 95.2 Å². The maximum atomic E-state index is 6.50. The van der Waals surface area contributed by atoms with Crippen LogP contribution >= 0.6 is 0 Å². The highest BCUT2D eigenvalue weighted by atomic mass is 32.1. The predicted molar refractivity (Wildman–Crippen MR) is 34.0 cm³/mol. The Kier molecular flexibility index (Phi) is 378. The van der Waals surface area contributed by atoms with Crippen LogP contribution in [0.15, 0.2) is 0 Å². The fourth-order valence-electron chi connectivity index (χ4n) is 0. The van der Waals surface area contributed by atoms with Gasteiger partial charge in [-0.1, -0.05) is 0 Å². The van der Waals surface area contributed by atoms with Crippen molar-refractivity contribution in [2.24, 2.45) is 0 Å². The van der Waals surface area contributed by atoms with Gasteiger partial charge < -0.3 is 0 Å². The van der Waals surface area contributed by atoms with E-state index in [2.05, 4.69) is 26.3 Å². The van der Waals surface area contributed by atoms with E-state index in [9.17, 15) is 0 Å². The van der Waals surface area contributed by atoms with Gasteiger partial charge in [-0.3, -0.25) is 0 Å². The van der Waals surface area contributed by atoms with Gasteiger partial charge in [0.2, 0.25) is 0 Å². The highest BCUT2D eigenvalue weighted by Gasteiger charge is 2.00. The van der Waals surface area contributed by atoms with Gasteiger partial charge >= 0.3 is 13.5 Å². The second-order valence-corrected chi connectivity index (χ2v) is 0. The van der Waals surface area contributed by atoms with Crippen LogP contribution in [0.2, 0.25) is 0 Å². The molecule has 0 rings (SSSR count). The Morgan fingerprint density at radius 1 is 0.444 bits per heavy atom. The first kappa shape index (κ1) is 54.5. The Bertz CT molecular complexity index is 55.5. The monoisotopic (exact) mass is 140 g/mol. The summed E-state index contributed by atoms with van der Waals surface area (Å²) < 4.78 is 0. The quantitative estimate of drug-likeness (QED) is 0.491. The summed E-state index contributed by atoms with van der Waals surface area (Å²) in [5.41, 5.74) is 0. The lowest BCUT2D eigenvalue weighted by Crippen LogP contribution is -0.569. The molecule has 0 aromatic heterocycles. The van der Waals surface area contributed by atoms with Crippen molar-refractivity contribution in [2.75, 3.05) is 0 Å². The Hall–Kier alpha value is -1.69. The van der Waals surface area contributed by atoms with Gasteiger partial charge in [-0.25, -0.2) is 21.0 Å². The molecule has 0 saturated carbocycles. The van der Waals surface area contributed by atoms with Crippen molar-refractivity contribution < 1.29 is 0 Å². The summed E-state index contributed by atoms with van der Waals surface area (Å²) in [6, 6.07) is 0. The van der Waals surface area contributed by atoms with Crippen LogP contribution in [0.1, 0.15) is 0 Å². The predicted octanol–water partition coefficient (Wildman–Crippen LogP) is 0.557. The van der Waals surface area contributed by atoms with Crippen molar-refractivity contribution in [3.63, 3.8) is 0 Å². The van der Waals surface area contributed by atoms with Crippen LogP contribution < -0.4 is 0 Å². The van der Waals surface area contributed by atoms with Crippen molar-refractivity contribution in [3.8, 4) is 26.3 Å². The standard InChI is InChI=1S/4CHN.S/c4*1-2;/h4*1H;/q;;;;+2. The van der Waals surface area contributed by atoms with Gasteiger partial charge in [-0.05, 0) is 0 Å². The lowest BCUT2D eigenvalue weighted by molar-refractivity contribution is 1.58. The van der Waals surface area contributed by atoms with Gasteiger partial charge in [-0.15, -0.1) is 0 Å². The zero-order valence-electron chi connectivity index (χ0n) is 4.51. The van der Waals surface area contributed by atoms with Gasteiger partial charge in [0.05, 0.1) is 0 Å². The molecule has 4 nitrogen and oxygen atoms in total. The van der Waals surface area contributed by atoms with E-state index in [1.165, 1.54) is 0 Å². The summed E-state index contributed by atoms with van der Waals surface area (Å²) in [7, 11) is 0. The highest BCUT2D eigenvalue weighted by Crippen LogP contribution is 0.592. The summed E-state index contributed by atoms with van der Waals surface area (Å²) in [4.78, 5) is 0. The lowest BCUT2D eigenvalue weighted by atomic mass is 11.9. The SMILES string of the molecule is C#N.C#N.C#N.C#N.[S+2]. The minimum atomic E-state index is 0. The smallest absolute Gasteiger partial charge is 0.202 e. The zero-order chi connectivity index (χ0) is 8.00. The number of nitrogens with zero attached hydrogens (tertiary/aromatic N) is 4. The van der Waals surface area contributed by atoms with E-state index in [1.54, 1.807) is 0 Å². The molecule has 4 radical (unpaired) electrons. The zero-order valence-corrected chi connectivity index (χ0v) is 5.32. The van der Waals surface area contributed by atoms with E-state index >= 15 is 0 Å². The number of hydrogen-bond donors (Lipinski definition) is 0. The Morgan fingerprint density at radius 2 is 0.444 bits per heavy atom. The molecular formula is C4H4N4S+2. The van der Waals surface area contributed by atoms with Crippen molar-refractivity contribution >= 4 is 13.5 Å². The van der Waals surface area contributed by atoms with E-state index in [-0.39, 0.29) is 13.5 Å². The average Bonchev–Trinajstić information content (AvgIpc) is 2.03. The molecule has 0 fully saturated rings. The molecule has 0 amide bonds. The van der Waals surface area contributed by atoms with Crippen LogP contribution in [-0.4, -0.2) is 0 Å². The molecule has 0 spiro atoms. The van der Waals surface area contributed by atoms with E-state index in [1.807, 2.05) is 0 Å².